The Morgan fingerprint density at radius 2 is 2.20 bits per heavy atom. The predicted octanol–water partition coefficient (Wildman–Crippen LogP) is 2.13. The molecule has 2 nitrogen and oxygen atoms in total. The van der Waals surface area contributed by atoms with Crippen LogP contribution in [0.3, 0.4) is 0 Å². The average molecular weight is 200 g/mol. The molecular formula is C13H16N2. The first-order valence-corrected chi connectivity index (χ1v) is 5.55. The number of nitrogens with zero attached hydrogens (tertiary/aromatic N) is 1. The van der Waals surface area contributed by atoms with Gasteiger partial charge in [-0.25, -0.2) is 0 Å². The van der Waals surface area contributed by atoms with E-state index >= 15 is 0 Å². The molecule has 0 amide bonds. The molecule has 0 unspecified atom stereocenters. The highest BCUT2D eigenvalue weighted by Crippen LogP contribution is 2.29. The first kappa shape index (κ1) is 8.98. The molecule has 0 bridgehead atoms. The molecule has 1 aromatic carbocycles. The van der Waals surface area contributed by atoms with Crippen LogP contribution in [0.5, 0.6) is 0 Å². The van der Waals surface area contributed by atoms with Gasteiger partial charge in [-0.3, -0.25) is 0 Å². The molecule has 0 fully saturated rings. The molecule has 0 aliphatic carbocycles. The standard InChI is InChI=1S/C13H16N2/c1-9-11-6-7-14-8-10-4-3-5-12(13(10)11)15(9)2/h3-5,14H,6-8H2,1-2H3. The lowest BCUT2D eigenvalue weighted by Gasteiger charge is -2.03. The van der Waals surface area contributed by atoms with E-state index in [1.165, 1.54) is 27.7 Å². The van der Waals surface area contributed by atoms with Crippen molar-refractivity contribution in [2.45, 2.75) is 19.9 Å². The van der Waals surface area contributed by atoms with Crippen LogP contribution in [0.2, 0.25) is 0 Å². The summed E-state index contributed by atoms with van der Waals surface area (Å²) in [5.41, 5.74) is 5.78. The minimum absolute atomic E-state index is 1.01. The zero-order chi connectivity index (χ0) is 10.4. The molecule has 0 radical (unpaired) electrons. The van der Waals surface area contributed by atoms with Crippen molar-refractivity contribution in [3.8, 4) is 0 Å². The Hall–Kier alpha value is -1.28. The van der Waals surface area contributed by atoms with Crippen molar-refractivity contribution < 1.29 is 0 Å². The molecule has 1 aliphatic heterocycles. The fraction of sp³-hybridized carbons (Fsp3) is 0.385. The van der Waals surface area contributed by atoms with Crippen LogP contribution in [0.25, 0.3) is 10.9 Å². The highest BCUT2D eigenvalue weighted by Gasteiger charge is 2.16. The Balaban J connectivity index is 2.47. The number of hydrogen-bond acceptors (Lipinski definition) is 1. The van der Waals surface area contributed by atoms with E-state index in [4.69, 9.17) is 0 Å². The summed E-state index contributed by atoms with van der Waals surface area (Å²) in [5, 5.41) is 4.97. The van der Waals surface area contributed by atoms with Gasteiger partial charge in [0, 0.05) is 30.2 Å². The smallest absolute Gasteiger partial charge is 0.0485 e. The summed E-state index contributed by atoms with van der Waals surface area (Å²) in [6, 6.07) is 6.62. The minimum atomic E-state index is 1.01. The Labute approximate surface area is 89.9 Å². The van der Waals surface area contributed by atoms with E-state index < -0.39 is 0 Å². The highest BCUT2D eigenvalue weighted by atomic mass is 15.0. The van der Waals surface area contributed by atoms with Gasteiger partial charge in [0.15, 0.2) is 0 Å². The second kappa shape index (κ2) is 3.11. The van der Waals surface area contributed by atoms with E-state index in [0.717, 1.165) is 19.5 Å². The largest absolute Gasteiger partial charge is 0.348 e. The second-order valence-electron chi connectivity index (χ2n) is 4.36. The summed E-state index contributed by atoms with van der Waals surface area (Å²) in [6.45, 7) is 4.33. The van der Waals surface area contributed by atoms with Crippen LogP contribution in [-0.4, -0.2) is 11.1 Å². The number of benzene rings is 1. The molecule has 1 N–H and O–H groups in total. The molecule has 0 atom stereocenters. The molecule has 0 saturated heterocycles. The molecule has 2 heteroatoms. The van der Waals surface area contributed by atoms with Gasteiger partial charge >= 0.3 is 0 Å². The van der Waals surface area contributed by atoms with Crippen molar-refractivity contribution >= 4 is 10.9 Å². The molecule has 78 valence electrons. The number of rotatable bonds is 0. The summed E-state index contributed by atoms with van der Waals surface area (Å²) < 4.78 is 2.32. The van der Waals surface area contributed by atoms with Gasteiger partial charge < -0.3 is 9.88 Å². The van der Waals surface area contributed by atoms with Crippen LogP contribution in [0.15, 0.2) is 18.2 Å². The summed E-state index contributed by atoms with van der Waals surface area (Å²) in [7, 11) is 2.17. The second-order valence-corrected chi connectivity index (χ2v) is 4.36. The molecular weight excluding hydrogens is 184 g/mol. The van der Waals surface area contributed by atoms with E-state index in [9.17, 15) is 0 Å². The summed E-state index contributed by atoms with van der Waals surface area (Å²) in [6.07, 6.45) is 1.15. The zero-order valence-corrected chi connectivity index (χ0v) is 9.30. The maximum absolute atomic E-state index is 3.48. The van der Waals surface area contributed by atoms with Crippen molar-refractivity contribution in [1.29, 1.82) is 0 Å². The van der Waals surface area contributed by atoms with Crippen molar-refractivity contribution in [2.75, 3.05) is 6.54 Å². The number of aryl methyl sites for hydroxylation is 1. The van der Waals surface area contributed by atoms with Gasteiger partial charge in [-0.15, -0.1) is 0 Å². The normalized spacial score (nSPS) is 15.6. The summed E-state index contributed by atoms with van der Waals surface area (Å²) in [5.74, 6) is 0. The molecule has 1 aromatic heterocycles. The van der Waals surface area contributed by atoms with Crippen LogP contribution in [-0.2, 0) is 20.0 Å². The van der Waals surface area contributed by atoms with Crippen molar-refractivity contribution in [3.05, 3.63) is 35.0 Å². The molecule has 0 spiro atoms. The van der Waals surface area contributed by atoms with Gasteiger partial charge in [0.1, 0.15) is 0 Å². The number of aromatic nitrogens is 1. The maximum Gasteiger partial charge on any atom is 0.0485 e. The predicted molar refractivity (Wildman–Crippen MR) is 63.1 cm³/mol. The topological polar surface area (TPSA) is 17.0 Å². The fourth-order valence-electron chi connectivity index (χ4n) is 2.67. The van der Waals surface area contributed by atoms with Gasteiger partial charge in [-0.05, 0) is 37.1 Å². The molecule has 15 heavy (non-hydrogen) atoms. The first-order chi connectivity index (χ1) is 7.29. The van der Waals surface area contributed by atoms with Gasteiger partial charge in [0.05, 0.1) is 0 Å². The third-order valence-electron chi connectivity index (χ3n) is 3.60. The third-order valence-corrected chi connectivity index (χ3v) is 3.60. The lowest BCUT2D eigenvalue weighted by Crippen LogP contribution is -2.14. The first-order valence-electron chi connectivity index (χ1n) is 5.55. The van der Waals surface area contributed by atoms with Crippen LogP contribution in [0.4, 0.5) is 0 Å². The van der Waals surface area contributed by atoms with E-state index in [1.54, 1.807) is 0 Å². The Morgan fingerprint density at radius 3 is 3.07 bits per heavy atom. The molecule has 1 aliphatic rings. The van der Waals surface area contributed by atoms with E-state index in [2.05, 4.69) is 42.1 Å². The number of hydrogen-bond donors (Lipinski definition) is 1. The number of nitrogens with one attached hydrogen (secondary N) is 1. The highest BCUT2D eigenvalue weighted by molar-refractivity contribution is 5.89. The summed E-state index contributed by atoms with van der Waals surface area (Å²) >= 11 is 0. The van der Waals surface area contributed by atoms with Crippen LogP contribution >= 0.6 is 0 Å². The Kier molecular flexibility index (Phi) is 1.86. The lowest BCUT2D eigenvalue weighted by atomic mass is 10.0. The molecule has 0 saturated carbocycles. The van der Waals surface area contributed by atoms with Crippen LogP contribution in [0, 0.1) is 6.92 Å². The quantitative estimate of drug-likeness (QED) is 0.689. The van der Waals surface area contributed by atoms with E-state index in [1.807, 2.05) is 0 Å². The molecule has 2 heterocycles. The monoisotopic (exact) mass is 200 g/mol. The Bertz CT molecular complexity index is 523. The fourth-order valence-corrected chi connectivity index (χ4v) is 2.67. The summed E-state index contributed by atoms with van der Waals surface area (Å²) in [4.78, 5) is 0. The van der Waals surface area contributed by atoms with E-state index in [0.29, 0.717) is 0 Å². The van der Waals surface area contributed by atoms with Gasteiger partial charge in [0.25, 0.3) is 0 Å². The van der Waals surface area contributed by atoms with Crippen molar-refractivity contribution in [2.24, 2.45) is 7.05 Å². The zero-order valence-electron chi connectivity index (χ0n) is 9.30. The van der Waals surface area contributed by atoms with Crippen molar-refractivity contribution in [3.63, 3.8) is 0 Å². The lowest BCUT2D eigenvalue weighted by molar-refractivity contribution is 0.698. The minimum Gasteiger partial charge on any atom is -0.348 e. The van der Waals surface area contributed by atoms with Gasteiger partial charge in [-0.1, -0.05) is 12.1 Å². The van der Waals surface area contributed by atoms with Gasteiger partial charge in [0.2, 0.25) is 0 Å². The third kappa shape index (κ3) is 1.15. The SMILES string of the molecule is Cc1c2c3c(cccc3n1C)CNCC2. The van der Waals surface area contributed by atoms with Crippen LogP contribution < -0.4 is 5.32 Å². The van der Waals surface area contributed by atoms with E-state index in [-0.39, 0.29) is 0 Å². The van der Waals surface area contributed by atoms with Gasteiger partial charge in [-0.2, -0.15) is 0 Å². The average Bonchev–Trinajstić information content (AvgIpc) is 2.45. The van der Waals surface area contributed by atoms with Crippen LogP contribution in [0.1, 0.15) is 16.8 Å². The maximum atomic E-state index is 3.48. The Morgan fingerprint density at radius 1 is 1.33 bits per heavy atom. The van der Waals surface area contributed by atoms with Crippen molar-refractivity contribution in [1.82, 2.24) is 9.88 Å². The molecule has 3 rings (SSSR count). The molecule has 2 aromatic rings.